The monoisotopic (exact) mass is 287 g/mol. The van der Waals surface area contributed by atoms with Crippen LogP contribution in [-0.4, -0.2) is 30.3 Å². The van der Waals surface area contributed by atoms with Gasteiger partial charge in [-0.15, -0.1) is 0 Å². The molecule has 0 spiro atoms. The van der Waals surface area contributed by atoms with Gasteiger partial charge in [0.25, 0.3) is 0 Å². The largest absolute Gasteiger partial charge is 0.496 e. The molecule has 1 aromatic carbocycles. The average molecular weight is 287 g/mol. The molecule has 1 aromatic heterocycles. The Morgan fingerprint density at radius 1 is 1.33 bits per heavy atom. The fourth-order valence-corrected chi connectivity index (χ4v) is 2.76. The van der Waals surface area contributed by atoms with Gasteiger partial charge in [-0.25, -0.2) is 0 Å². The van der Waals surface area contributed by atoms with E-state index in [9.17, 15) is 0 Å². The molecule has 2 aromatic rings. The summed E-state index contributed by atoms with van der Waals surface area (Å²) >= 11 is 0. The maximum absolute atomic E-state index is 5.41. The highest BCUT2D eigenvalue weighted by Crippen LogP contribution is 2.29. The number of hydrogen-bond donors (Lipinski definition) is 1. The third kappa shape index (κ3) is 3.24. The van der Waals surface area contributed by atoms with Crippen molar-refractivity contribution in [1.29, 1.82) is 0 Å². The first-order valence-corrected chi connectivity index (χ1v) is 7.44. The van der Waals surface area contributed by atoms with Crippen LogP contribution in [0.4, 0.5) is 0 Å². The van der Waals surface area contributed by atoms with Crippen molar-refractivity contribution in [3.05, 3.63) is 29.7 Å². The third-order valence-corrected chi connectivity index (χ3v) is 3.99. The Bertz CT molecular complexity index is 603. The van der Waals surface area contributed by atoms with E-state index in [0.717, 1.165) is 42.3 Å². The summed E-state index contributed by atoms with van der Waals surface area (Å²) in [5, 5.41) is 7.48. The standard InChI is InChI=1S/C16H21N3O2/c1-11-3-4-13(14(9-11)20-2)16-18-15(21-19-16)10-12-5-7-17-8-6-12/h3-4,9,12,17H,5-8,10H2,1-2H3. The Kier molecular flexibility index (Phi) is 4.20. The van der Waals surface area contributed by atoms with Crippen molar-refractivity contribution in [2.45, 2.75) is 26.2 Å². The Morgan fingerprint density at radius 3 is 2.90 bits per heavy atom. The van der Waals surface area contributed by atoms with Gasteiger partial charge in [0, 0.05) is 6.42 Å². The summed E-state index contributed by atoms with van der Waals surface area (Å²) in [6, 6.07) is 5.99. The van der Waals surface area contributed by atoms with E-state index >= 15 is 0 Å². The zero-order chi connectivity index (χ0) is 14.7. The summed E-state index contributed by atoms with van der Waals surface area (Å²) in [7, 11) is 1.66. The van der Waals surface area contributed by atoms with E-state index in [1.165, 1.54) is 12.8 Å². The van der Waals surface area contributed by atoms with Gasteiger partial charge < -0.3 is 14.6 Å². The van der Waals surface area contributed by atoms with Gasteiger partial charge in [-0.2, -0.15) is 4.98 Å². The molecule has 1 saturated heterocycles. The van der Waals surface area contributed by atoms with Crippen molar-refractivity contribution in [2.75, 3.05) is 20.2 Å². The highest BCUT2D eigenvalue weighted by atomic mass is 16.5. The molecule has 0 radical (unpaired) electrons. The van der Waals surface area contributed by atoms with Crippen LogP contribution in [0.5, 0.6) is 5.75 Å². The van der Waals surface area contributed by atoms with E-state index in [1.54, 1.807) is 7.11 Å². The summed E-state index contributed by atoms with van der Waals surface area (Å²) in [5.74, 6) is 2.75. The van der Waals surface area contributed by atoms with Crippen molar-refractivity contribution < 1.29 is 9.26 Å². The van der Waals surface area contributed by atoms with E-state index in [1.807, 2.05) is 25.1 Å². The van der Waals surface area contributed by atoms with Gasteiger partial charge in [-0.05, 0) is 56.5 Å². The number of nitrogens with zero attached hydrogens (tertiary/aromatic N) is 2. The molecule has 5 heteroatoms. The first-order valence-electron chi connectivity index (χ1n) is 7.44. The molecule has 1 aliphatic rings. The second kappa shape index (κ2) is 6.26. The maximum Gasteiger partial charge on any atom is 0.227 e. The number of piperidine rings is 1. The van der Waals surface area contributed by atoms with Crippen molar-refractivity contribution in [3.8, 4) is 17.1 Å². The molecule has 2 heterocycles. The normalized spacial score (nSPS) is 16.1. The van der Waals surface area contributed by atoms with Crippen molar-refractivity contribution in [1.82, 2.24) is 15.5 Å². The lowest BCUT2D eigenvalue weighted by atomic mass is 9.95. The van der Waals surface area contributed by atoms with Gasteiger partial charge in [0.1, 0.15) is 5.75 Å². The minimum absolute atomic E-state index is 0.607. The summed E-state index contributed by atoms with van der Waals surface area (Å²) in [6.45, 7) is 4.19. The Balaban J connectivity index is 1.78. The summed E-state index contributed by atoms with van der Waals surface area (Å²) < 4.78 is 10.8. The molecule has 21 heavy (non-hydrogen) atoms. The van der Waals surface area contributed by atoms with Crippen molar-refractivity contribution in [2.24, 2.45) is 5.92 Å². The molecule has 5 nitrogen and oxygen atoms in total. The first-order chi connectivity index (χ1) is 10.3. The highest BCUT2D eigenvalue weighted by Gasteiger charge is 2.19. The van der Waals surface area contributed by atoms with Crippen LogP contribution in [0.1, 0.15) is 24.3 Å². The third-order valence-electron chi connectivity index (χ3n) is 3.99. The zero-order valence-corrected chi connectivity index (χ0v) is 12.6. The van der Waals surface area contributed by atoms with Gasteiger partial charge in [0.05, 0.1) is 12.7 Å². The number of benzene rings is 1. The molecule has 1 N–H and O–H groups in total. The second-order valence-corrected chi connectivity index (χ2v) is 5.61. The van der Waals surface area contributed by atoms with E-state index in [-0.39, 0.29) is 0 Å². The summed E-state index contributed by atoms with van der Waals surface area (Å²) in [6.07, 6.45) is 3.21. The number of ether oxygens (including phenoxy) is 1. The molecule has 0 amide bonds. The molecule has 0 bridgehead atoms. The predicted molar refractivity (Wildman–Crippen MR) is 80.3 cm³/mol. The lowest BCUT2D eigenvalue weighted by molar-refractivity contribution is 0.313. The quantitative estimate of drug-likeness (QED) is 0.936. The van der Waals surface area contributed by atoms with Crippen LogP contribution in [-0.2, 0) is 6.42 Å². The summed E-state index contributed by atoms with van der Waals surface area (Å²) in [5.41, 5.74) is 2.03. The molecule has 0 unspecified atom stereocenters. The highest BCUT2D eigenvalue weighted by molar-refractivity contribution is 5.64. The minimum atomic E-state index is 0.607. The van der Waals surface area contributed by atoms with E-state index in [0.29, 0.717) is 11.7 Å². The van der Waals surface area contributed by atoms with Crippen LogP contribution < -0.4 is 10.1 Å². The predicted octanol–water partition coefficient (Wildman–Crippen LogP) is 2.60. The van der Waals surface area contributed by atoms with Crippen LogP contribution in [0.15, 0.2) is 22.7 Å². The number of nitrogens with one attached hydrogen (secondary N) is 1. The van der Waals surface area contributed by atoms with E-state index in [4.69, 9.17) is 9.26 Å². The van der Waals surface area contributed by atoms with E-state index < -0.39 is 0 Å². The van der Waals surface area contributed by atoms with Gasteiger partial charge in [0.2, 0.25) is 11.7 Å². The Hall–Kier alpha value is -1.88. The molecule has 0 atom stereocenters. The van der Waals surface area contributed by atoms with Crippen molar-refractivity contribution >= 4 is 0 Å². The van der Waals surface area contributed by atoms with Crippen LogP contribution >= 0.6 is 0 Å². The lowest BCUT2D eigenvalue weighted by Crippen LogP contribution is -2.28. The van der Waals surface area contributed by atoms with Crippen LogP contribution in [0.2, 0.25) is 0 Å². The molecule has 1 aliphatic heterocycles. The average Bonchev–Trinajstić information content (AvgIpc) is 2.96. The fourth-order valence-electron chi connectivity index (χ4n) is 2.76. The minimum Gasteiger partial charge on any atom is -0.496 e. The smallest absolute Gasteiger partial charge is 0.227 e. The SMILES string of the molecule is COc1cc(C)ccc1-c1noc(CC2CCNCC2)n1. The molecule has 3 rings (SSSR count). The first kappa shape index (κ1) is 14.1. The fraction of sp³-hybridized carbons (Fsp3) is 0.500. The van der Waals surface area contributed by atoms with Crippen LogP contribution in [0, 0.1) is 12.8 Å². The number of aryl methyl sites for hydroxylation is 1. The second-order valence-electron chi connectivity index (χ2n) is 5.61. The van der Waals surface area contributed by atoms with Gasteiger partial charge in [0.15, 0.2) is 0 Å². The van der Waals surface area contributed by atoms with Crippen LogP contribution in [0.25, 0.3) is 11.4 Å². The van der Waals surface area contributed by atoms with E-state index in [2.05, 4.69) is 15.5 Å². The number of aromatic nitrogens is 2. The molecule has 112 valence electrons. The molecule has 0 aliphatic carbocycles. The Labute approximate surface area is 124 Å². The molecule has 1 fully saturated rings. The number of methoxy groups -OCH3 is 1. The maximum atomic E-state index is 5.41. The number of rotatable bonds is 4. The van der Waals surface area contributed by atoms with Gasteiger partial charge in [-0.3, -0.25) is 0 Å². The molecular weight excluding hydrogens is 266 g/mol. The topological polar surface area (TPSA) is 60.2 Å². The van der Waals surface area contributed by atoms with Crippen molar-refractivity contribution in [3.63, 3.8) is 0 Å². The number of hydrogen-bond acceptors (Lipinski definition) is 5. The molecule has 0 saturated carbocycles. The van der Waals surface area contributed by atoms with Crippen LogP contribution in [0.3, 0.4) is 0 Å². The Morgan fingerprint density at radius 2 is 2.14 bits per heavy atom. The molecular formula is C16H21N3O2. The lowest BCUT2D eigenvalue weighted by Gasteiger charge is -2.20. The van der Waals surface area contributed by atoms with Gasteiger partial charge in [-0.1, -0.05) is 11.2 Å². The zero-order valence-electron chi connectivity index (χ0n) is 12.6. The summed E-state index contributed by atoms with van der Waals surface area (Å²) in [4.78, 5) is 4.53. The van der Waals surface area contributed by atoms with Gasteiger partial charge >= 0.3 is 0 Å².